The van der Waals surface area contributed by atoms with E-state index in [0.717, 1.165) is 16.2 Å². The van der Waals surface area contributed by atoms with E-state index < -0.39 is 58.8 Å². The maximum Gasteiger partial charge on any atom is 0.332 e. The Hall–Kier alpha value is -5.65. The van der Waals surface area contributed by atoms with E-state index in [9.17, 15) is 24.3 Å². The molecule has 1 aliphatic rings. The number of nitrogens with one attached hydrogen (secondary N) is 1. The van der Waals surface area contributed by atoms with E-state index in [1.165, 1.54) is 50.6 Å². The number of aliphatic carboxylic acids is 1. The molecule has 3 aromatic carbocycles. The van der Waals surface area contributed by atoms with Crippen molar-refractivity contribution in [1.82, 2.24) is 19.4 Å². The number of rotatable bonds is 3. The van der Waals surface area contributed by atoms with Gasteiger partial charge in [-0.05, 0) is 73.0 Å². The number of halogens is 2. The lowest BCUT2D eigenvalue weighted by molar-refractivity contribution is -0.137. The molecule has 0 saturated heterocycles. The number of fused-ring (bicyclic) bond motifs is 7. The number of nitrogens with zero attached hydrogens (tertiary/aromatic N) is 3. The number of carbonyl (C=O) groups is 2. The highest BCUT2D eigenvalue weighted by Gasteiger charge is 2.34. The number of hydrogen-bond acceptors (Lipinski definition) is 6. The Bertz CT molecular complexity index is 2170. The minimum Gasteiger partial charge on any atom is -0.481 e. The Balaban J connectivity index is 1.70. The number of ether oxygens (including phenoxy) is 1. The van der Waals surface area contributed by atoms with E-state index in [4.69, 9.17) is 4.74 Å². The number of pyridine rings is 1. The highest BCUT2D eigenvalue weighted by molar-refractivity contribution is 5.86. The van der Waals surface area contributed by atoms with Gasteiger partial charge in [0.05, 0.1) is 29.6 Å². The highest BCUT2D eigenvalue weighted by Crippen LogP contribution is 2.40. The van der Waals surface area contributed by atoms with Crippen molar-refractivity contribution in [3.63, 3.8) is 0 Å². The first kappa shape index (κ1) is 29.4. The fraction of sp³-hybridized carbons (Fsp3) is 0.182. The fourth-order valence-corrected chi connectivity index (χ4v) is 5.82. The third-order valence-electron chi connectivity index (χ3n) is 7.98. The lowest BCUT2D eigenvalue weighted by Crippen LogP contribution is -2.48. The standard InChI is InChI=1S/C33H26F2N4O6/c1-16-5-4-6-26-28(16)18-11-17(2)29(35)22(12-18)24(14-27(40)41)37-31(42)30(21-13-19(45-26)7-8-23(21)34)39-32(43)20-9-10-36-15-25(20)38(3)33(39)44/h4-13,15,24,30H,14H2,1-3H3,(H,37,42)(H,40,41)/t24-,30+/m0/s1. The molecule has 6 rings (SSSR count). The molecule has 1 amide bonds. The Kier molecular flexibility index (Phi) is 7.27. The number of carbonyl (C=O) groups excluding carboxylic acids is 1. The van der Waals surface area contributed by atoms with Crippen LogP contribution in [0.25, 0.3) is 22.0 Å². The van der Waals surface area contributed by atoms with Crippen molar-refractivity contribution in [3.8, 4) is 22.6 Å². The summed E-state index contributed by atoms with van der Waals surface area (Å²) in [6, 6.07) is 9.76. The molecular weight excluding hydrogens is 586 g/mol. The molecule has 2 N–H and O–H groups in total. The summed E-state index contributed by atoms with van der Waals surface area (Å²) >= 11 is 0. The average Bonchev–Trinajstić information content (AvgIpc) is 3.00. The van der Waals surface area contributed by atoms with Gasteiger partial charge in [-0.3, -0.25) is 23.9 Å². The SMILES string of the molecule is Cc1cc2cc(c1F)[C@H](CC(=O)O)NC(=O)[C@H](n1c(=O)c3ccncc3n(C)c1=O)c1cc(ccc1F)Oc1cccc(C)c1-2. The summed E-state index contributed by atoms with van der Waals surface area (Å²) in [6.45, 7) is 3.33. The molecule has 5 aromatic rings. The zero-order valence-corrected chi connectivity index (χ0v) is 24.3. The molecule has 0 radical (unpaired) electrons. The lowest BCUT2D eigenvalue weighted by Gasteiger charge is -2.25. The average molecular weight is 613 g/mol. The van der Waals surface area contributed by atoms with Crippen LogP contribution in [0.4, 0.5) is 8.78 Å². The summed E-state index contributed by atoms with van der Waals surface area (Å²) in [4.78, 5) is 57.7. The van der Waals surface area contributed by atoms with Crippen LogP contribution in [0, 0.1) is 25.5 Å². The monoisotopic (exact) mass is 612 g/mol. The molecule has 0 aliphatic carbocycles. The Labute approximate surface area is 254 Å². The molecule has 2 aromatic heterocycles. The van der Waals surface area contributed by atoms with Gasteiger partial charge in [0.2, 0.25) is 5.91 Å². The van der Waals surface area contributed by atoms with Crippen molar-refractivity contribution < 1.29 is 28.2 Å². The second-order valence-corrected chi connectivity index (χ2v) is 10.9. The summed E-state index contributed by atoms with van der Waals surface area (Å²) in [7, 11) is 1.37. The Morgan fingerprint density at radius 3 is 2.56 bits per heavy atom. The van der Waals surface area contributed by atoms with Gasteiger partial charge in [0.1, 0.15) is 29.2 Å². The smallest absolute Gasteiger partial charge is 0.332 e. The first-order chi connectivity index (χ1) is 21.5. The molecule has 4 bridgehead atoms. The van der Waals surface area contributed by atoms with Crippen molar-refractivity contribution in [2.75, 3.05) is 0 Å². The van der Waals surface area contributed by atoms with Crippen LogP contribution in [0.2, 0.25) is 0 Å². The van der Waals surface area contributed by atoms with Crippen LogP contribution in [0.5, 0.6) is 11.5 Å². The van der Waals surface area contributed by atoms with Gasteiger partial charge in [-0.15, -0.1) is 0 Å². The van der Waals surface area contributed by atoms with Crippen molar-refractivity contribution >= 4 is 22.8 Å². The number of aromatic nitrogens is 3. The zero-order chi connectivity index (χ0) is 32.2. The van der Waals surface area contributed by atoms with E-state index in [-0.39, 0.29) is 27.8 Å². The quantitative estimate of drug-likeness (QED) is 0.302. The zero-order valence-electron chi connectivity index (χ0n) is 24.3. The maximum atomic E-state index is 15.8. The van der Waals surface area contributed by atoms with Gasteiger partial charge in [0.25, 0.3) is 5.56 Å². The van der Waals surface area contributed by atoms with E-state index in [0.29, 0.717) is 21.4 Å². The number of carboxylic acids is 1. The number of benzene rings is 3. The first-order valence-electron chi connectivity index (χ1n) is 13.9. The summed E-state index contributed by atoms with van der Waals surface area (Å²) < 4.78 is 39.4. The van der Waals surface area contributed by atoms with Crippen LogP contribution in [0.15, 0.2) is 76.6 Å². The number of carboxylic acid groups (broad SMARTS) is 1. The van der Waals surface area contributed by atoms with E-state index in [2.05, 4.69) is 10.3 Å². The van der Waals surface area contributed by atoms with Crippen LogP contribution in [0.1, 0.15) is 40.8 Å². The Morgan fingerprint density at radius 1 is 1.02 bits per heavy atom. The minimum atomic E-state index is -1.95. The number of hydrogen-bond donors (Lipinski definition) is 2. The second kappa shape index (κ2) is 11.1. The molecule has 228 valence electrons. The van der Waals surface area contributed by atoms with Gasteiger partial charge in [0.15, 0.2) is 0 Å². The predicted octanol–water partition coefficient (Wildman–Crippen LogP) is 4.68. The molecule has 45 heavy (non-hydrogen) atoms. The number of aryl methyl sites for hydroxylation is 3. The molecule has 0 saturated carbocycles. The molecule has 2 atom stereocenters. The second-order valence-electron chi connectivity index (χ2n) is 10.9. The summed E-state index contributed by atoms with van der Waals surface area (Å²) in [5.41, 5.74) is -0.261. The Morgan fingerprint density at radius 2 is 1.80 bits per heavy atom. The molecule has 12 heteroatoms. The van der Waals surface area contributed by atoms with Gasteiger partial charge in [0, 0.05) is 29.9 Å². The van der Waals surface area contributed by atoms with Crippen LogP contribution in [0.3, 0.4) is 0 Å². The van der Waals surface area contributed by atoms with Crippen molar-refractivity contribution in [2.45, 2.75) is 32.4 Å². The van der Waals surface area contributed by atoms with Crippen LogP contribution < -0.4 is 21.3 Å². The van der Waals surface area contributed by atoms with Gasteiger partial charge >= 0.3 is 11.7 Å². The molecule has 0 fully saturated rings. The van der Waals surface area contributed by atoms with E-state index >= 15 is 8.78 Å². The van der Waals surface area contributed by atoms with Crippen LogP contribution in [-0.2, 0) is 16.6 Å². The number of amides is 1. The van der Waals surface area contributed by atoms with Crippen LogP contribution in [-0.4, -0.2) is 31.1 Å². The normalized spacial score (nSPS) is 16.1. The van der Waals surface area contributed by atoms with E-state index in [1.807, 2.05) is 13.0 Å². The van der Waals surface area contributed by atoms with Crippen molar-refractivity contribution in [1.29, 1.82) is 0 Å². The third kappa shape index (κ3) is 5.03. The fourth-order valence-electron chi connectivity index (χ4n) is 5.82. The topological polar surface area (TPSA) is 133 Å². The third-order valence-corrected chi connectivity index (χ3v) is 7.98. The van der Waals surface area contributed by atoms with Gasteiger partial charge in [-0.1, -0.05) is 12.1 Å². The van der Waals surface area contributed by atoms with Crippen molar-refractivity contribution in [2.24, 2.45) is 7.05 Å². The molecular formula is C33H26F2N4O6. The van der Waals surface area contributed by atoms with E-state index in [1.54, 1.807) is 18.2 Å². The summed E-state index contributed by atoms with van der Waals surface area (Å²) in [5, 5.41) is 12.3. The first-order valence-corrected chi connectivity index (χ1v) is 13.9. The molecule has 3 heterocycles. The molecule has 1 aliphatic heterocycles. The molecule has 0 spiro atoms. The summed E-state index contributed by atoms with van der Waals surface area (Å²) in [5.74, 6) is -3.76. The van der Waals surface area contributed by atoms with Gasteiger partial charge < -0.3 is 15.2 Å². The largest absolute Gasteiger partial charge is 0.481 e. The highest BCUT2D eigenvalue weighted by atomic mass is 19.1. The van der Waals surface area contributed by atoms with Gasteiger partial charge in [-0.2, -0.15) is 0 Å². The summed E-state index contributed by atoms with van der Waals surface area (Å²) in [6.07, 6.45) is 1.88. The maximum absolute atomic E-state index is 15.8. The van der Waals surface area contributed by atoms with Crippen molar-refractivity contribution in [3.05, 3.63) is 122 Å². The predicted molar refractivity (Wildman–Crippen MR) is 160 cm³/mol. The molecule has 0 unspecified atom stereocenters. The lowest BCUT2D eigenvalue weighted by atomic mass is 9.92. The van der Waals surface area contributed by atoms with Gasteiger partial charge in [-0.25, -0.2) is 18.1 Å². The molecule has 10 nitrogen and oxygen atoms in total. The van der Waals surface area contributed by atoms with Crippen LogP contribution >= 0.6 is 0 Å². The minimum absolute atomic E-state index is 0.0245.